The molecule has 2 aromatic carbocycles. The van der Waals surface area contributed by atoms with Crippen molar-refractivity contribution in [2.45, 2.75) is 25.8 Å². The molecule has 31 heavy (non-hydrogen) atoms. The topological polar surface area (TPSA) is 117 Å². The second-order valence-electron chi connectivity index (χ2n) is 7.42. The van der Waals surface area contributed by atoms with Crippen LogP contribution in [0, 0.1) is 29.6 Å². The zero-order valence-corrected chi connectivity index (χ0v) is 17.3. The summed E-state index contributed by atoms with van der Waals surface area (Å²) in [6.45, 7) is 3.18. The Morgan fingerprint density at radius 3 is 2.32 bits per heavy atom. The predicted molar refractivity (Wildman–Crippen MR) is 113 cm³/mol. The summed E-state index contributed by atoms with van der Waals surface area (Å²) in [4.78, 5) is 41.0. The number of benzene rings is 2. The molecule has 8 nitrogen and oxygen atoms in total. The van der Waals surface area contributed by atoms with Gasteiger partial charge in [0.2, 0.25) is 5.91 Å². The largest absolute Gasteiger partial charge is 0.325 e. The summed E-state index contributed by atoms with van der Waals surface area (Å²) in [5.41, 5.74) is 1.21. The third kappa shape index (κ3) is 4.24. The first-order valence-corrected chi connectivity index (χ1v) is 9.69. The maximum Gasteiger partial charge on any atom is 0.325 e. The van der Waals surface area contributed by atoms with Crippen molar-refractivity contribution in [3.63, 3.8) is 0 Å². The van der Waals surface area contributed by atoms with Crippen molar-refractivity contribution in [1.82, 2.24) is 10.2 Å². The molecule has 1 aliphatic rings. The number of carbonyl (C=O) groups is 3. The van der Waals surface area contributed by atoms with E-state index in [4.69, 9.17) is 10.5 Å². The summed E-state index contributed by atoms with van der Waals surface area (Å²) >= 11 is 0. The third-order valence-corrected chi connectivity index (χ3v) is 5.25. The van der Waals surface area contributed by atoms with Gasteiger partial charge in [0.1, 0.15) is 12.1 Å². The van der Waals surface area contributed by atoms with E-state index in [-0.39, 0.29) is 13.0 Å². The number of aryl methyl sites for hydroxylation is 1. The quantitative estimate of drug-likeness (QED) is 0.728. The maximum atomic E-state index is 13.1. The molecular weight excluding hydrogens is 394 g/mol. The number of rotatable bonds is 6. The van der Waals surface area contributed by atoms with Crippen LogP contribution >= 0.6 is 0 Å². The van der Waals surface area contributed by atoms with E-state index in [0.717, 1.165) is 10.5 Å². The van der Waals surface area contributed by atoms with Crippen molar-refractivity contribution in [3.8, 4) is 12.1 Å². The molecular formula is C23H21N5O3. The molecule has 1 heterocycles. The molecule has 8 heteroatoms. The van der Waals surface area contributed by atoms with Crippen LogP contribution in [0.25, 0.3) is 0 Å². The standard InChI is InChI=1S/C23H21N5O3/c1-16-4-10-19(11-5-16)27(13-3-12-24)20(29)15-28-21(30)23(2,26-22(28)31)18-8-6-17(14-25)7-9-18/h4-11H,3,13,15H2,1-2H3,(H,26,31). The van der Waals surface area contributed by atoms with Crippen molar-refractivity contribution in [2.75, 3.05) is 18.0 Å². The van der Waals surface area contributed by atoms with E-state index in [9.17, 15) is 14.4 Å². The summed E-state index contributed by atoms with van der Waals surface area (Å²) < 4.78 is 0. The Kier molecular flexibility index (Phi) is 6.03. The fraction of sp³-hybridized carbons (Fsp3) is 0.261. The van der Waals surface area contributed by atoms with Crippen LogP contribution in [0.2, 0.25) is 0 Å². The Hall–Kier alpha value is -4.17. The van der Waals surface area contributed by atoms with Crippen LogP contribution in [-0.4, -0.2) is 35.8 Å². The Morgan fingerprint density at radius 2 is 1.74 bits per heavy atom. The van der Waals surface area contributed by atoms with E-state index in [2.05, 4.69) is 5.32 Å². The Balaban J connectivity index is 1.83. The van der Waals surface area contributed by atoms with Crippen LogP contribution in [-0.2, 0) is 15.1 Å². The monoisotopic (exact) mass is 415 g/mol. The van der Waals surface area contributed by atoms with E-state index < -0.39 is 29.9 Å². The Labute approximate surface area is 180 Å². The highest BCUT2D eigenvalue weighted by atomic mass is 16.2. The number of imide groups is 1. The highest BCUT2D eigenvalue weighted by Gasteiger charge is 2.49. The fourth-order valence-electron chi connectivity index (χ4n) is 3.42. The van der Waals surface area contributed by atoms with Gasteiger partial charge in [-0.15, -0.1) is 0 Å². The number of anilines is 1. The molecule has 0 spiro atoms. The number of urea groups is 1. The van der Waals surface area contributed by atoms with Gasteiger partial charge in [-0.3, -0.25) is 14.5 Å². The van der Waals surface area contributed by atoms with Crippen molar-refractivity contribution in [1.29, 1.82) is 10.5 Å². The van der Waals surface area contributed by atoms with E-state index in [1.165, 1.54) is 4.90 Å². The first kappa shape index (κ1) is 21.5. The number of hydrogen-bond acceptors (Lipinski definition) is 5. The van der Waals surface area contributed by atoms with Crippen LogP contribution in [0.3, 0.4) is 0 Å². The van der Waals surface area contributed by atoms with E-state index in [1.54, 1.807) is 43.3 Å². The molecule has 1 unspecified atom stereocenters. The lowest BCUT2D eigenvalue weighted by Gasteiger charge is -2.25. The number of nitrogens with one attached hydrogen (secondary N) is 1. The SMILES string of the molecule is Cc1ccc(N(CCC#N)C(=O)CN2C(=O)NC(C)(c3ccc(C#N)cc3)C2=O)cc1. The minimum atomic E-state index is -1.34. The van der Waals surface area contributed by atoms with Crippen LogP contribution in [0.15, 0.2) is 48.5 Å². The minimum Gasteiger partial charge on any atom is -0.319 e. The lowest BCUT2D eigenvalue weighted by Crippen LogP contribution is -2.45. The second-order valence-corrected chi connectivity index (χ2v) is 7.42. The molecule has 1 N–H and O–H groups in total. The van der Waals surface area contributed by atoms with Crippen molar-refractivity contribution >= 4 is 23.5 Å². The smallest absolute Gasteiger partial charge is 0.319 e. The fourth-order valence-corrected chi connectivity index (χ4v) is 3.42. The van der Waals surface area contributed by atoms with Gasteiger partial charge in [-0.2, -0.15) is 10.5 Å². The molecule has 3 rings (SSSR count). The molecule has 0 saturated carbocycles. The second kappa shape index (κ2) is 8.68. The zero-order valence-electron chi connectivity index (χ0n) is 17.3. The van der Waals surface area contributed by atoms with Gasteiger partial charge >= 0.3 is 6.03 Å². The number of carbonyl (C=O) groups excluding carboxylic acids is 3. The molecule has 0 aliphatic carbocycles. The summed E-state index contributed by atoms with van der Waals surface area (Å²) in [5, 5.41) is 20.6. The normalized spacial score (nSPS) is 17.6. The van der Waals surface area contributed by atoms with Gasteiger partial charge in [-0.1, -0.05) is 29.8 Å². The van der Waals surface area contributed by atoms with Gasteiger partial charge < -0.3 is 10.2 Å². The summed E-state index contributed by atoms with van der Waals surface area (Å²) in [5.74, 6) is -1.02. The predicted octanol–water partition coefficient (Wildman–Crippen LogP) is 2.58. The number of hydrogen-bond donors (Lipinski definition) is 1. The lowest BCUT2D eigenvalue weighted by atomic mass is 9.91. The number of nitrogens with zero attached hydrogens (tertiary/aromatic N) is 4. The molecule has 0 aromatic heterocycles. The average molecular weight is 415 g/mol. The zero-order chi connectivity index (χ0) is 22.6. The van der Waals surface area contributed by atoms with E-state index in [1.807, 2.05) is 31.2 Å². The molecule has 1 saturated heterocycles. The first-order valence-electron chi connectivity index (χ1n) is 9.69. The van der Waals surface area contributed by atoms with Crippen molar-refractivity contribution in [2.24, 2.45) is 0 Å². The average Bonchev–Trinajstić information content (AvgIpc) is 2.99. The van der Waals surface area contributed by atoms with E-state index in [0.29, 0.717) is 16.8 Å². The highest BCUT2D eigenvalue weighted by Crippen LogP contribution is 2.29. The Bertz CT molecular complexity index is 1100. The van der Waals surface area contributed by atoms with Crippen LogP contribution in [0.5, 0.6) is 0 Å². The molecule has 1 atom stereocenters. The third-order valence-electron chi connectivity index (χ3n) is 5.25. The minimum absolute atomic E-state index is 0.114. The van der Waals surface area contributed by atoms with Crippen LogP contribution in [0.4, 0.5) is 10.5 Å². The van der Waals surface area contributed by atoms with Gasteiger partial charge in [-0.25, -0.2) is 4.79 Å². The number of amides is 4. The first-order chi connectivity index (χ1) is 14.8. The molecule has 1 aliphatic heterocycles. The summed E-state index contributed by atoms with van der Waals surface area (Å²) in [6.07, 6.45) is 0.114. The Morgan fingerprint density at radius 1 is 1.10 bits per heavy atom. The summed E-state index contributed by atoms with van der Waals surface area (Å²) in [7, 11) is 0. The van der Waals surface area contributed by atoms with Gasteiger partial charge in [0.15, 0.2) is 0 Å². The molecule has 1 fully saturated rings. The van der Waals surface area contributed by atoms with Gasteiger partial charge in [-0.05, 0) is 43.7 Å². The lowest BCUT2D eigenvalue weighted by molar-refractivity contribution is -0.134. The van der Waals surface area contributed by atoms with Crippen molar-refractivity contribution < 1.29 is 14.4 Å². The number of nitriles is 2. The highest BCUT2D eigenvalue weighted by molar-refractivity contribution is 6.10. The molecule has 0 bridgehead atoms. The molecule has 156 valence electrons. The van der Waals surface area contributed by atoms with Crippen LogP contribution < -0.4 is 10.2 Å². The van der Waals surface area contributed by atoms with Crippen molar-refractivity contribution in [3.05, 3.63) is 65.2 Å². The van der Waals surface area contributed by atoms with E-state index >= 15 is 0 Å². The van der Waals surface area contributed by atoms with Gasteiger partial charge in [0.25, 0.3) is 5.91 Å². The molecule has 0 radical (unpaired) electrons. The maximum absolute atomic E-state index is 13.1. The molecule has 4 amide bonds. The van der Waals surface area contributed by atoms with Gasteiger partial charge in [0.05, 0.1) is 24.1 Å². The van der Waals surface area contributed by atoms with Crippen LogP contribution in [0.1, 0.15) is 30.0 Å². The summed E-state index contributed by atoms with van der Waals surface area (Å²) in [6, 6.07) is 16.9. The van der Waals surface area contributed by atoms with Gasteiger partial charge in [0, 0.05) is 12.2 Å². The molecule has 2 aromatic rings.